The van der Waals surface area contributed by atoms with Gasteiger partial charge in [0.2, 0.25) is 5.91 Å². The Hall–Kier alpha value is -1.35. The van der Waals surface area contributed by atoms with Gasteiger partial charge in [0.05, 0.1) is 5.54 Å². The lowest BCUT2D eigenvalue weighted by Gasteiger charge is -2.32. The van der Waals surface area contributed by atoms with Crippen molar-refractivity contribution in [3.8, 4) is 0 Å². The normalized spacial score (nSPS) is 15.3. The first-order valence-electron chi connectivity index (χ1n) is 7.23. The number of fused-ring (bicyclic) bond motifs is 1. The molecule has 0 heterocycles. The number of carbonyl (C=O) groups is 1. The van der Waals surface area contributed by atoms with E-state index in [4.69, 9.17) is 5.73 Å². The van der Waals surface area contributed by atoms with Crippen LogP contribution in [0.3, 0.4) is 0 Å². The van der Waals surface area contributed by atoms with E-state index in [1.807, 2.05) is 12.1 Å². The predicted octanol–water partition coefficient (Wildman–Crippen LogP) is 2.04. The molecule has 0 aromatic heterocycles. The second-order valence-electron chi connectivity index (χ2n) is 5.55. The van der Waals surface area contributed by atoms with E-state index in [9.17, 15) is 4.79 Å². The Bertz CT molecular complexity index is 419. The van der Waals surface area contributed by atoms with Crippen molar-refractivity contribution >= 4 is 5.91 Å². The van der Waals surface area contributed by atoms with Crippen LogP contribution >= 0.6 is 0 Å². The molecular weight excluding hydrogens is 236 g/mol. The zero-order chi connectivity index (χ0) is 13.9. The van der Waals surface area contributed by atoms with Crippen molar-refractivity contribution in [3.05, 3.63) is 35.4 Å². The van der Waals surface area contributed by atoms with Gasteiger partial charge < -0.3 is 11.1 Å². The zero-order valence-corrected chi connectivity index (χ0v) is 11.9. The molecule has 0 atom stereocenters. The highest BCUT2D eigenvalue weighted by Gasteiger charge is 2.32. The lowest BCUT2D eigenvalue weighted by atomic mass is 9.91. The summed E-state index contributed by atoms with van der Waals surface area (Å²) in [5.74, 6) is 0.228. The SMILES string of the molecule is CCC(CC)(CN)NC(=O)C1Cc2ccccc2C1. The van der Waals surface area contributed by atoms with Gasteiger partial charge in [-0.05, 0) is 36.8 Å². The Kier molecular flexibility index (Phi) is 4.25. The summed E-state index contributed by atoms with van der Waals surface area (Å²) in [6.07, 6.45) is 3.48. The van der Waals surface area contributed by atoms with Crippen molar-refractivity contribution in [1.82, 2.24) is 5.32 Å². The molecule has 0 fully saturated rings. The van der Waals surface area contributed by atoms with Gasteiger partial charge >= 0.3 is 0 Å². The van der Waals surface area contributed by atoms with Crippen LogP contribution in [0.5, 0.6) is 0 Å². The summed E-state index contributed by atoms with van der Waals surface area (Å²) in [6, 6.07) is 8.33. The molecule has 3 N–H and O–H groups in total. The van der Waals surface area contributed by atoms with Crippen molar-refractivity contribution < 1.29 is 4.79 Å². The Morgan fingerprint density at radius 3 is 2.21 bits per heavy atom. The van der Waals surface area contributed by atoms with Gasteiger partial charge in [-0.25, -0.2) is 0 Å². The summed E-state index contributed by atoms with van der Waals surface area (Å²) in [7, 11) is 0. The van der Waals surface area contributed by atoms with Crippen LogP contribution in [0.25, 0.3) is 0 Å². The molecule has 0 saturated carbocycles. The van der Waals surface area contributed by atoms with E-state index in [2.05, 4.69) is 31.3 Å². The molecule has 1 aliphatic rings. The minimum atomic E-state index is -0.230. The van der Waals surface area contributed by atoms with E-state index >= 15 is 0 Å². The standard InChI is InChI=1S/C16H24N2O/c1-3-16(4-2,11-17)18-15(19)14-9-12-7-5-6-8-13(12)10-14/h5-8,14H,3-4,9-11,17H2,1-2H3,(H,18,19). The Balaban J connectivity index is 2.03. The quantitative estimate of drug-likeness (QED) is 0.851. The first-order valence-corrected chi connectivity index (χ1v) is 7.23. The van der Waals surface area contributed by atoms with Crippen molar-refractivity contribution in [3.63, 3.8) is 0 Å². The summed E-state index contributed by atoms with van der Waals surface area (Å²) in [4.78, 5) is 12.4. The fourth-order valence-electron chi connectivity index (χ4n) is 2.87. The van der Waals surface area contributed by atoms with Crippen molar-refractivity contribution in [2.24, 2.45) is 11.7 Å². The van der Waals surface area contributed by atoms with Gasteiger partial charge in [-0.15, -0.1) is 0 Å². The number of carbonyl (C=O) groups excluding carboxylic acids is 1. The molecule has 3 heteroatoms. The fourth-order valence-corrected chi connectivity index (χ4v) is 2.87. The highest BCUT2D eigenvalue weighted by atomic mass is 16.2. The van der Waals surface area contributed by atoms with Gasteiger partial charge in [0.1, 0.15) is 0 Å². The molecule has 104 valence electrons. The molecular formula is C16H24N2O. The van der Waals surface area contributed by atoms with E-state index in [1.54, 1.807) is 0 Å². The fraction of sp³-hybridized carbons (Fsp3) is 0.562. The second-order valence-corrected chi connectivity index (χ2v) is 5.55. The molecule has 3 nitrogen and oxygen atoms in total. The molecule has 0 radical (unpaired) electrons. The summed E-state index contributed by atoms with van der Waals surface area (Å²) in [5, 5.41) is 3.19. The lowest BCUT2D eigenvalue weighted by Crippen LogP contribution is -2.54. The van der Waals surface area contributed by atoms with Crippen molar-refractivity contribution in [2.45, 2.75) is 45.1 Å². The Morgan fingerprint density at radius 1 is 1.26 bits per heavy atom. The second kappa shape index (κ2) is 5.74. The van der Waals surface area contributed by atoms with Crippen LogP contribution in [-0.2, 0) is 17.6 Å². The third-order valence-corrected chi connectivity index (χ3v) is 4.55. The summed E-state index contributed by atoms with van der Waals surface area (Å²) in [6.45, 7) is 4.67. The van der Waals surface area contributed by atoms with E-state index in [1.165, 1.54) is 11.1 Å². The molecule has 0 spiro atoms. The van der Waals surface area contributed by atoms with Crippen LogP contribution in [-0.4, -0.2) is 18.0 Å². The van der Waals surface area contributed by atoms with Crippen LogP contribution in [0.15, 0.2) is 24.3 Å². The number of hydrogen-bond acceptors (Lipinski definition) is 2. The molecule has 1 aromatic rings. The van der Waals surface area contributed by atoms with E-state index < -0.39 is 0 Å². The minimum Gasteiger partial charge on any atom is -0.349 e. The Morgan fingerprint density at radius 2 is 1.79 bits per heavy atom. The van der Waals surface area contributed by atoms with Gasteiger partial charge in [0.15, 0.2) is 0 Å². The summed E-state index contributed by atoms with van der Waals surface area (Å²) in [5.41, 5.74) is 8.24. The Labute approximate surface area is 115 Å². The number of benzene rings is 1. The highest BCUT2D eigenvalue weighted by Crippen LogP contribution is 2.27. The van der Waals surface area contributed by atoms with Crippen LogP contribution in [0.4, 0.5) is 0 Å². The maximum atomic E-state index is 12.4. The van der Waals surface area contributed by atoms with E-state index in [0.29, 0.717) is 6.54 Å². The molecule has 1 aromatic carbocycles. The molecule has 1 amide bonds. The monoisotopic (exact) mass is 260 g/mol. The lowest BCUT2D eigenvalue weighted by molar-refractivity contribution is -0.126. The highest BCUT2D eigenvalue weighted by molar-refractivity contribution is 5.81. The van der Waals surface area contributed by atoms with Gasteiger partial charge in [0, 0.05) is 12.5 Å². The van der Waals surface area contributed by atoms with E-state index in [0.717, 1.165) is 25.7 Å². The van der Waals surface area contributed by atoms with Gasteiger partial charge in [-0.1, -0.05) is 38.1 Å². The first kappa shape index (κ1) is 14.1. The number of nitrogens with one attached hydrogen (secondary N) is 1. The summed E-state index contributed by atoms with van der Waals surface area (Å²) >= 11 is 0. The number of nitrogens with two attached hydrogens (primary N) is 1. The molecule has 0 unspecified atom stereocenters. The number of rotatable bonds is 5. The van der Waals surface area contributed by atoms with Crippen LogP contribution in [0, 0.1) is 5.92 Å². The topological polar surface area (TPSA) is 55.1 Å². The summed E-state index contributed by atoms with van der Waals surface area (Å²) < 4.78 is 0. The molecule has 0 saturated heterocycles. The third kappa shape index (κ3) is 2.81. The van der Waals surface area contributed by atoms with Crippen LogP contribution in [0.2, 0.25) is 0 Å². The van der Waals surface area contributed by atoms with Crippen molar-refractivity contribution in [2.75, 3.05) is 6.54 Å². The average molecular weight is 260 g/mol. The van der Waals surface area contributed by atoms with E-state index in [-0.39, 0.29) is 17.4 Å². The average Bonchev–Trinajstić information content (AvgIpc) is 2.89. The minimum absolute atomic E-state index is 0.0708. The largest absolute Gasteiger partial charge is 0.349 e. The molecule has 2 rings (SSSR count). The molecule has 1 aliphatic carbocycles. The predicted molar refractivity (Wildman–Crippen MR) is 77.9 cm³/mol. The molecule has 19 heavy (non-hydrogen) atoms. The number of amides is 1. The molecule has 0 aliphatic heterocycles. The van der Waals surface area contributed by atoms with Gasteiger partial charge in [-0.3, -0.25) is 4.79 Å². The maximum Gasteiger partial charge on any atom is 0.224 e. The first-order chi connectivity index (χ1) is 9.14. The zero-order valence-electron chi connectivity index (χ0n) is 11.9. The van der Waals surface area contributed by atoms with Crippen LogP contribution in [0.1, 0.15) is 37.8 Å². The van der Waals surface area contributed by atoms with Crippen molar-refractivity contribution in [1.29, 1.82) is 0 Å². The third-order valence-electron chi connectivity index (χ3n) is 4.55. The van der Waals surface area contributed by atoms with Crippen LogP contribution < -0.4 is 11.1 Å². The number of hydrogen-bond donors (Lipinski definition) is 2. The van der Waals surface area contributed by atoms with Gasteiger partial charge in [0.25, 0.3) is 0 Å². The maximum absolute atomic E-state index is 12.4. The molecule has 0 bridgehead atoms. The van der Waals surface area contributed by atoms with Gasteiger partial charge in [-0.2, -0.15) is 0 Å². The smallest absolute Gasteiger partial charge is 0.224 e.